The van der Waals surface area contributed by atoms with Gasteiger partial charge >= 0.3 is 0 Å². The Morgan fingerprint density at radius 2 is 2.04 bits per heavy atom. The smallest absolute Gasteiger partial charge is 0.251 e. The van der Waals surface area contributed by atoms with Gasteiger partial charge in [0.15, 0.2) is 0 Å². The fraction of sp³-hybridized carbons (Fsp3) is 0.526. The zero-order valence-corrected chi connectivity index (χ0v) is 14.1. The third-order valence-electron chi connectivity index (χ3n) is 5.18. The highest BCUT2D eigenvalue weighted by Gasteiger charge is 2.17. The third-order valence-corrected chi connectivity index (χ3v) is 5.18. The summed E-state index contributed by atoms with van der Waals surface area (Å²) in [4.78, 5) is 18.3. The van der Waals surface area contributed by atoms with Crippen molar-refractivity contribution >= 4 is 16.8 Å². The van der Waals surface area contributed by atoms with Crippen LogP contribution in [0.4, 0.5) is 0 Å². The summed E-state index contributed by atoms with van der Waals surface area (Å²) in [6, 6.07) is 6.03. The number of carbonyl (C=O) groups excluding carboxylic acids is 1. The fourth-order valence-electron chi connectivity index (χ4n) is 3.80. The number of aromatic nitrogens is 1. The van der Waals surface area contributed by atoms with Crippen molar-refractivity contribution in [2.24, 2.45) is 0 Å². The van der Waals surface area contributed by atoms with Crippen LogP contribution in [-0.4, -0.2) is 55.2 Å². The molecule has 1 aromatic heterocycles. The van der Waals surface area contributed by atoms with Crippen LogP contribution in [0.5, 0.6) is 0 Å². The van der Waals surface area contributed by atoms with Crippen LogP contribution in [0.3, 0.4) is 0 Å². The van der Waals surface area contributed by atoms with E-state index in [9.17, 15) is 4.79 Å². The first-order valence-corrected chi connectivity index (χ1v) is 9.03. The summed E-state index contributed by atoms with van der Waals surface area (Å²) in [6.45, 7) is 5.07. The lowest BCUT2D eigenvalue weighted by atomic mass is 9.95. The summed E-state index contributed by atoms with van der Waals surface area (Å²) in [6.07, 6.45) is 4.76. The quantitative estimate of drug-likeness (QED) is 0.904. The largest absolute Gasteiger partial charge is 0.379 e. The van der Waals surface area contributed by atoms with Gasteiger partial charge in [0.1, 0.15) is 0 Å². The van der Waals surface area contributed by atoms with E-state index in [1.54, 1.807) is 0 Å². The summed E-state index contributed by atoms with van der Waals surface area (Å²) in [5, 5.41) is 4.28. The highest BCUT2D eigenvalue weighted by atomic mass is 16.5. The number of aryl methyl sites for hydroxylation is 2. The number of nitrogens with zero attached hydrogens (tertiary/aromatic N) is 1. The van der Waals surface area contributed by atoms with Gasteiger partial charge in [-0.1, -0.05) is 0 Å². The van der Waals surface area contributed by atoms with Crippen molar-refractivity contribution in [1.29, 1.82) is 0 Å². The van der Waals surface area contributed by atoms with E-state index >= 15 is 0 Å². The normalized spacial score (nSPS) is 18.5. The highest BCUT2D eigenvalue weighted by molar-refractivity contribution is 5.99. The van der Waals surface area contributed by atoms with Gasteiger partial charge in [-0.15, -0.1) is 0 Å². The standard InChI is InChI=1S/C19H25N3O2/c23-19(20-7-8-22-9-11-24-12-10-22)14-5-6-18-16(13-14)15-3-1-2-4-17(15)21-18/h5-6,13,21H,1-4,7-12H2,(H,20,23). The number of hydrogen-bond acceptors (Lipinski definition) is 3. The predicted octanol–water partition coefficient (Wildman–Crippen LogP) is 2.11. The zero-order valence-electron chi connectivity index (χ0n) is 14.1. The molecular weight excluding hydrogens is 302 g/mol. The molecule has 1 fully saturated rings. The number of hydrogen-bond donors (Lipinski definition) is 2. The van der Waals surface area contributed by atoms with Gasteiger partial charge in [-0.05, 0) is 49.4 Å². The summed E-state index contributed by atoms with van der Waals surface area (Å²) >= 11 is 0. The number of H-pyrrole nitrogens is 1. The van der Waals surface area contributed by atoms with E-state index in [1.807, 2.05) is 12.1 Å². The van der Waals surface area contributed by atoms with Crippen LogP contribution < -0.4 is 5.32 Å². The molecule has 0 unspecified atom stereocenters. The summed E-state index contributed by atoms with van der Waals surface area (Å²) in [5.41, 5.74) is 4.70. The van der Waals surface area contributed by atoms with Gasteiger partial charge in [-0.25, -0.2) is 0 Å². The van der Waals surface area contributed by atoms with Gasteiger partial charge in [0.05, 0.1) is 13.2 Å². The maximum absolute atomic E-state index is 12.5. The molecule has 2 aliphatic rings. The molecule has 2 aromatic rings. The van der Waals surface area contributed by atoms with E-state index in [2.05, 4.69) is 21.3 Å². The Balaban J connectivity index is 1.42. The minimum atomic E-state index is 0.0240. The van der Waals surface area contributed by atoms with Crippen LogP contribution in [0.2, 0.25) is 0 Å². The number of amides is 1. The molecule has 0 atom stereocenters. The molecule has 1 aliphatic heterocycles. The van der Waals surface area contributed by atoms with E-state index in [4.69, 9.17) is 4.74 Å². The van der Waals surface area contributed by atoms with Crippen LogP contribution in [0.15, 0.2) is 18.2 Å². The van der Waals surface area contributed by atoms with Gasteiger partial charge in [0, 0.05) is 48.3 Å². The molecule has 1 saturated heterocycles. The molecule has 2 N–H and O–H groups in total. The molecule has 0 saturated carbocycles. The van der Waals surface area contributed by atoms with Crippen molar-refractivity contribution in [3.63, 3.8) is 0 Å². The number of nitrogens with one attached hydrogen (secondary N) is 2. The molecule has 1 aliphatic carbocycles. The topological polar surface area (TPSA) is 57.4 Å². The molecule has 4 rings (SSSR count). The van der Waals surface area contributed by atoms with Crippen LogP contribution in [-0.2, 0) is 17.6 Å². The average Bonchev–Trinajstić information content (AvgIpc) is 3.00. The molecule has 1 aromatic carbocycles. The van der Waals surface area contributed by atoms with Crippen molar-refractivity contribution < 1.29 is 9.53 Å². The lowest BCUT2D eigenvalue weighted by Crippen LogP contribution is -2.41. The first-order chi connectivity index (χ1) is 11.8. The third kappa shape index (κ3) is 3.19. The minimum Gasteiger partial charge on any atom is -0.379 e. The summed E-state index contributed by atoms with van der Waals surface area (Å²) in [7, 11) is 0. The Labute approximate surface area is 142 Å². The van der Waals surface area contributed by atoms with Gasteiger partial charge in [0.2, 0.25) is 0 Å². The molecular formula is C19H25N3O2. The Hall–Kier alpha value is -1.85. The fourth-order valence-corrected chi connectivity index (χ4v) is 3.80. The maximum Gasteiger partial charge on any atom is 0.251 e. The van der Waals surface area contributed by atoms with Crippen LogP contribution in [0, 0.1) is 0 Å². The number of benzene rings is 1. The molecule has 0 bridgehead atoms. The van der Waals surface area contributed by atoms with Gasteiger partial charge in [-0.2, -0.15) is 0 Å². The first kappa shape index (κ1) is 15.7. The van der Waals surface area contributed by atoms with Crippen molar-refractivity contribution in [3.05, 3.63) is 35.0 Å². The minimum absolute atomic E-state index is 0.0240. The second-order valence-corrected chi connectivity index (χ2v) is 6.76. The number of aromatic amines is 1. The molecule has 24 heavy (non-hydrogen) atoms. The molecule has 5 heteroatoms. The maximum atomic E-state index is 12.5. The lowest BCUT2D eigenvalue weighted by Gasteiger charge is -2.26. The molecule has 128 valence electrons. The molecule has 5 nitrogen and oxygen atoms in total. The highest BCUT2D eigenvalue weighted by Crippen LogP contribution is 2.29. The molecule has 1 amide bonds. The lowest BCUT2D eigenvalue weighted by molar-refractivity contribution is 0.0383. The van der Waals surface area contributed by atoms with Gasteiger partial charge < -0.3 is 15.0 Å². The predicted molar refractivity (Wildman–Crippen MR) is 94.5 cm³/mol. The Bertz CT molecular complexity index is 732. The van der Waals surface area contributed by atoms with Crippen molar-refractivity contribution in [3.8, 4) is 0 Å². The monoisotopic (exact) mass is 327 g/mol. The summed E-state index contributed by atoms with van der Waals surface area (Å²) < 4.78 is 5.34. The second-order valence-electron chi connectivity index (χ2n) is 6.76. The number of rotatable bonds is 4. The Kier molecular flexibility index (Phi) is 4.54. The SMILES string of the molecule is O=C(NCCN1CCOCC1)c1ccc2[nH]c3c(c2c1)CCCC3. The van der Waals surface area contributed by atoms with Crippen molar-refractivity contribution in [1.82, 2.24) is 15.2 Å². The van der Waals surface area contributed by atoms with Gasteiger partial charge in [0.25, 0.3) is 5.91 Å². The van der Waals surface area contributed by atoms with E-state index in [0.29, 0.717) is 6.54 Å². The van der Waals surface area contributed by atoms with Crippen LogP contribution >= 0.6 is 0 Å². The summed E-state index contributed by atoms with van der Waals surface area (Å²) in [5.74, 6) is 0.0240. The van der Waals surface area contributed by atoms with E-state index < -0.39 is 0 Å². The zero-order chi connectivity index (χ0) is 16.4. The van der Waals surface area contributed by atoms with Crippen LogP contribution in [0.25, 0.3) is 10.9 Å². The van der Waals surface area contributed by atoms with Crippen molar-refractivity contribution in [2.45, 2.75) is 25.7 Å². The Morgan fingerprint density at radius 1 is 1.21 bits per heavy atom. The number of carbonyl (C=O) groups is 1. The van der Waals surface area contributed by atoms with Crippen LogP contribution in [0.1, 0.15) is 34.5 Å². The van der Waals surface area contributed by atoms with Crippen molar-refractivity contribution in [2.75, 3.05) is 39.4 Å². The molecule has 2 heterocycles. The van der Waals surface area contributed by atoms with E-state index in [0.717, 1.165) is 56.8 Å². The van der Waals surface area contributed by atoms with E-state index in [1.165, 1.54) is 29.5 Å². The number of ether oxygens (including phenoxy) is 1. The second kappa shape index (κ2) is 6.95. The molecule has 0 spiro atoms. The Morgan fingerprint density at radius 3 is 2.92 bits per heavy atom. The van der Waals surface area contributed by atoms with E-state index in [-0.39, 0.29) is 5.91 Å². The number of fused-ring (bicyclic) bond motifs is 3. The average molecular weight is 327 g/mol. The molecule has 0 radical (unpaired) electrons. The first-order valence-electron chi connectivity index (χ1n) is 9.03. The van der Waals surface area contributed by atoms with Gasteiger partial charge in [-0.3, -0.25) is 9.69 Å². The number of morpholine rings is 1.